The summed E-state index contributed by atoms with van der Waals surface area (Å²) in [6.07, 6.45) is 1.83. The molecule has 2 heteroatoms. The van der Waals surface area contributed by atoms with E-state index in [1.807, 2.05) is 0 Å². The van der Waals surface area contributed by atoms with Gasteiger partial charge < -0.3 is 10.0 Å². The van der Waals surface area contributed by atoms with Gasteiger partial charge in [0.2, 0.25) is 0 Å². The van der Waals surface area contributed by atoms with E-state index >= 15 is 0 Å². The van der Waals surface area contributed by atoms with Gasteiger partial charge in [-0.1, -0.05) is 50.2 Å². The van der Waals surface area contributed by atoms with Crippen molar-refractivity contribution in [3.8, 4) is 0 Å². The van der Waals surface area contributed by atoms with E-state index < -0.39 is 0 Å². The summed E-state index contributed by atoms with van der Waals surface area (Å²) in [5.41, 5.74) is 5.04. The Kier molecular flexibility index (Phi) is 3.88. The molecule has 1 saturated carbocycles. The van der Waals surface area contributed by atoms with Crippen LogP contribution < -0.4 is 4.90 Å². The molecule has 2 aromatic carbocycles. The van der Waals surface area contributed by atoms with Crippen LogP contribution in [0.4, 0.5) is 11.4 Å². The largest absolute Gasteiger partial charge is 0.393 e. The monoisotopic (exact) mass is 320 g/mol. The molecule has 1 aliphatic heterocycles. The van der Waals surface area contributed by atoms with Crippen molar-refractivity contribution in [2.45, 2.75) is 32.8 Å². The van der Waals surface area contributed by atoms with E-state index in [0.29, 0.717) is 11.8 Å². The minimum Gasteiger partial charge on any atom is -0.393 e. The van der Waals surface area contributed by atoms with Gasteiger partial charge in [0.05, 0.1) is 6.10 Å². The molecule has 4 atom stereocenters. The second-order valence-corrected chi connectivity index (χ2v) is 7.65. The smallest absolute Gasteiger partial charge is 0.0585 e. The molecule has 0 bridgehead atoms. The third-order valence-corrected chi connectivity index (χ3v) is 5.89. The Hall–Kier alpha value is -1.80. The predicted octanol–water partition coefficient (Wildman–Crippen LogP) is 4.78. The zero-order valence-corrected chi connectivity index (χ0v) is 14.7. The fourth-order valence-corrected chi connectivity index (χ4v) is 4.91. The van der Waals surface area contributed by atoms with Crippen molar-refractivity contribution in [1.82, 2.24) is 0 Å². The maximum absolute atomic E-state index is 10.9. The topological polar surface area (TPSA) is 23.5 Å². The summed E-state index contributed by atoms with van der Waals surface area (Å²) < 4.78 is 0. The molecule has 0 amide bonds. The SMILES string of the molecule is CC1CC(C)C([C]2c3ccccc3N(C)c3ccccc32)C(O)C1. The Labute approximate surface area is 145 Å². The summed E-state index contributed by atoms with van der Waals surface area (Å²) in [7, 11) is 2.14. The lowest BCUT2D eigenvalue weighted by Crippen LogP contribution is -2.41. The van der Waals surface area contributed by atoms with Gasteiger partial charge in [-0.25, -0.2) is 0 Å². The van der Waals surface area contributed by atoms with E-state index in [-0.39, 0.29) is 12.0 Å². The zero-order valence-electron chi connectivity index (χ0n) is 14.7. The molecule has 1 fully saturated rings. The number of hydrogen-bond donors (Lipinski definition) is 1. The van der Waals surface area contributed by atoms with E-state index in [2.05, 4.69) is 74.3 Å². The number of aliphatic hydroxyl groups excluding tert-OH is 1. The summed E-state index contributed by atoms with van der Waals surface area (Å²) in [6.45, 7) is 4.57. The van der Waals surface area contributed by atoms with Crippen LogP contribution in [-0.2, 0) is 0 Å². The summed E-state index contributed by atoms with van der Waals surface area (Å²) in [5, 5.41) is 10.9. The minimum absolute atomic E-state index is 0.206. The van der Waals surface area contributed by atoms with Gasteiger partial charge in [-0.05, 0) is 47.9 Å². The lowest BCUT2D eigenvalue weighted by atomic mass is 9.64. The molecule has 0 saturated heterocycles. The van der Waals surface area contributed by atoms with Crippen molar-refractivity contribution >= 4 is 11.4 Å². The van der Waals surface area contributed by atoms with Crippen molar-refractivity contribution in [1.29, 1.82) is 0 Å². The number of rotatable bonds is 1. The molecule has 4 unspecified atom stereocenters. The van der Waals surface area contributed by atoms with Crippen molar-refractivity contribution in [3.05, 3.63) is 65.6 Å². The van der Waals surface area contributed by atoms with Crippen LogP contribution >= 0.6 is 0 Å². The fourth-order valence-electron chi connectivity index (χ4n) is 4.91. The lowest BCUT2D eigenvalue weighted by molar-refractivity contribution is 0.0278. The molecule has 125 valence electrons. The van der Waals surface area contributed by atoms with Gasteiger partial charge in [-0.15, -0.1) is 0 Å². The molecule has 1 N–H and O–H groups in total. The summed E-state index contributed by atoms with van der Waals surface area (Å²) >= 11 is 0. The maximum atomic E-state index is 10.9. The molecule has 1 heterocycles. The van der Waals surface area contributed by atoms with Crippen molar-refractivity contribution in [2.75, 3.05) is 11.9 Å². The van der Waals surface area contributed by atoms with Gasteiger partial charge in [0.15, 0.2) is 0 Å². The van der Waals surface area contributed by atoms with Crippen LogP contribution in [0.2, 0.25) is 0 Å². The van der Waals surface area contributed by atoms with Crippen LogP contribution in [0.15, 0.2) is 48.5 Å². The average Bonchev–Trinajstić information content (AvgIpc) is 2.57. The average molecular weight is 320 g/mol. The fraction of sp³-hybridized carbons (Fsp3) is 0.409. The third kappa shape index (κ3) is 2.36. The Morgan fingerprint density at radius 1 is 0.875 bits per heavy atom. The number of aliphatic hydroxyl groups is 1. The molecular weight excluding hydrogens is 294 g/mol. The van der Waals surface area contributed by atoms with E-state index in [0.717, 1.165) is 6.42 Å². The molecule has 1 radical (unpaired) electrons. The molecule has 24 heavy (non-hydrogen) atoms. The zero-order chi connectivity index (χ0) is 16.8. The number of hydrogen-bond acceptors (Lipinski definition) is 2. The number of fused-ring (bicyclic) bond motifs is 2. The molecular formula is C22H26NO. The van der Waals surface area contributed by atoms with Crippen LogP contribution in [0.25, 0.3) is 0 Å². The normalized spacial score (nSPS) is 29.9. The van der Waals surface area contributed by atoms with Crippen LogP contribution in [0.5, 0.6) is 0 Å². The van der Waals surface area contributed by atoms with Gasteiger partial charge in [-0.3, -0.25) is 0 Å². The first-order valence-corrected chi connectivity index (χ1v) is 9.05. The second-order valence-electron chi connectivity index (χ2n) is 7.65. The highest BCUT2D eigenvalue weighted by Crippen LogP contribution is 2.52. The lowest BCUT2D eigenvalue weighted by Gasteiger charge is -2.45. The molecule has 1 aliphatic carbocycles. The van der Waals surface area contributed by atoms with E-state index in [1.54, 1.807) is 0 Å². The van der Waals surface area contributed by atoms with Gasteiger partial charge in [0, 0.05) is 30.3 Å². The Morgan fingerprint density at radius 3 is 1.96 bits per heavy atom. The molecule has 4 rings (SSSR count). The first kappa shape index (κ1) is 15.7. The van der Waals surface area contributed by atoms with Gasteiger partial charge in [0.1, 0.15) is 0 Å². The molecule has 2 aliphatic rings. The molecule has 0 spiro atoms. The predicted molar refractivity (Wildman–Crippen MR) is 99.5 cm³/mol. The standard InChI is InChI=1S/C22H26NO/c1-14-12-15(2)21(20(24)13-14)22-16-8-4-6-10-18(16)23(3)19-11-7-5-9-17(19)22/h4-11,14-15,20-21,24H,12-13H2,1-3H3. The van der Waals surface area contributed by atoms with Gasteiger partial charge >= 0.3 is 0 Å². The second kappa shape index (κ2) is 5.93. The van der Waals surface area contributed by atoms with E-state index in [4.69, 9.17) is 0 Å². The van der Waals surface area contributed by atoms with Crippen LogP contribution in [-0.4, -0.2) is 18.3 Å². The Bertz CT molecular complexity index is 681. The maximum Gasteiger partial charge on any atom is 0.0585 e. The Balaban J connectivity index is 1.88. The summed E-state index contributed by atoms with van der Waals surface area (Å²) in [4.78, 5) is 2.27. The third-order valence-electron chi connectivity index (χ3n) is 5.89. The summed E-state index contributed by atoms with van der Waals surface area (Å²) in [6, 6.07) is 17.2. The quantitative estimate of drug-likeness (QED) is 0.817. The highest BCUT2D eigenvalue weighted by molar-refractivity contribution is 5.80. The Morgan fingerprint density at radius 2 is 1.42 bits per heavy atom. The molecule has 0 aromatic heterocycles. The van der Waals surface area contributed by atoms with Gasteiger partial charge in [0.25, 0.3) is 0 Å². The van der Waals surface area contributed by atoms with Gasteiger partial charge in [-0.2, -0.15) is 0 Å². The van der Waals surface area contributed by atoms with Crippen LogP contribution in [0, 0.1) is 23.7 Å². The number of para-hydroxylation sites is 2. The van der Waals surface area contributed by atoms with Crippen LogP contribution in [0.1, 0.15) is 37.8 Å². The first-order chi connectivity index (χ1) is 11.6. The van der Waals surface area contributed by atoms with Crippen LogP contribution in [0.3, 0.4) is 0 Å². The van der Waals surface area contributed by atoms with Crippen molar-refractivity contribution < 1.29 is 5.11 Å². The van der Waals surface area contributed by atoms with E-state index in [9.17, 15) is 5.11 Å². The minimum atomic E-state index is -0.261. The van der Waals surface area contributed by atoms with E-state index in [1.165, 1.54) is 34.8 Å². The highest BCUT2D eigenvalue weighted by atomic mass is 16.3. The highest BCUT2D eigenvalue weighted by Gasteiger charge is 2.43. The van der Waals surface area contributed by atoms with Crippen molar-refractivity contribution in [2.24, 2.45) is 17.8 Å². The first-order valence-electron chi connectivity index (χ1n) is 9.05. The number of nitrogens with zero attached hydrogens (tertiary/aromatic N) is 1. The number of benzene rings is 2. The molecule has 2 nitrogen and oxygen atoms in total. The molecule has 2 aromatic rings. The number of anilines is 2. The summed E-state index contributed by atoms with van der Waals surface area (Å²) in [5.74, 6) is 2.63. The van der Waals surface area contributed by atoms with Crippen molar-refractivity contribution in [3.63, 3.8) is 0 Å².